The summed E-state index contributed by atoms with van der Waals surface area (Å²) >= 11 is 0. The molecule has 0 aliphatic rings. The van der Waals surface area contributed by atoms with Crippen molar-refractivity contribution in [1.82, 2.24) is 5.32 Å². The van der Waals surface area contributed by atoms with Gasteiger partial charge < -0.3 is 15.5 Å². The Morgan fingerprint density at radius 3 is 2.48 bits per heavy atom. The zero-order valence-corrected chi connectivity index (χ0v) is 15.5. The van der Waals surface area contributed by atoms with E-state index in [1.807, 2.05) is 37.4 Å². The number of hydrogen-bond acceptors (Lipinski definition) is 4. The number of para-hydroxylation sites is 1. The van der Waals surface area contributed by atoms with Crippen molar-refractivity contribution in [2.45, 2.75) is 17.1 Å². The first-order chi connectivity index (χ1) is 12.8. The Labute approximate surface area is 157 Å². The molecular formula is C18H21F2N3O3S. The highest BCUT2D eigenvalue weighted by atomic mass is 32.2. The van der Waals surface area contributed by atoms with Crippen LogP contribution >= 0.6 is 0 Å². The van der Waals surface area contributed by atoms with Crippen LogP contribution in [0.25, 0.3) is 0 Å². The first-order valence-electron chi connectivity index (χ1n) is 8.24. The van der Waals surface area contributed by atoms with Crippen LogP contribution in [-0.2, 0) is 9.84 Å². The van der Waals surface area contributed by atoms with Crippen LogP contribution in [0.2, 0.25) is 0 Å². The van der Waals surface area contributed by atoms with Gasteiger partial charge in [-0.05, 0) is 36.8 Å². The fourth-order valence-corrected chi connectivity index (χ4v) is 3.12. The maximum Gasteiger partial charge on any atom is 0.341 e. The second kappa shape index (κ2) is 9.31. The first-order valence-corrected chi connectivity index (χ1v) is 9.78. The summed E-state index contributed by atoms with van der Waals surface area (Å²) < 4.78 is 48.1. The predicted octanol–water partition coefficient (Wildman–Crippen LogP) is 3.33. The summed E-state index contributed by atoms with van der Waals surface area (Å²) in [6, 6.07) is 14.0. The summed E-state index contributed by atoms with van der Waals surface area (Å²) in [6.45, 7) is 1.13. The number of urea groups is 1. The molecule has 9 heteroatoms. The molecule has 0 spiro atoms. The Hall–Kier alpha value is -2.68. The van der Waals surface area contributed by atoms with Crippen LogP contribution in [0.1, 0.15) is 6.42 Å². The topological polar surface area (TPSA) is 78.5 Å². The Bertz CT molecular complexity index is 861. The van der Waals surface area contributed by atoms with Gasteiger partial charge in [-0.25, -0.2) is 13.2 Å². The Balaban J connectivity index is 1.81. The van der Waals surface area contributed by atoms with Crippen LogP contribution in [0.3, 0.4) is 0 Å². The Morgan fingerprint density at radius 1 is 1.11 bits per heavy atom. The number of benzene rings is 2. The third-order valence-electron chi connectivity index (χ3n) is 3.81. The first kappa shape index (κ1) is 20.6. The molecule has 0 unspecified atom stereocenters. The molecule has 0 bridgehead atoms. The number of alkyl halides is 2. The SMILES string of the molecule is CN(CCCNC(=O)Nc1cccc(S(=O)(=O)C(F)F)c1)c1ccccc1. The van der Waals surface area contributed by atoms with Gasteiger partial charge in [0, 0.05) is 31.5 Å². The van der Waals surface area contributed by atoms with Crippen molar-refractivity contribution >= 4 is 27.2 Å². The second-order valence-electron chi connectivity index (χ2n) is 5.83. The predicted molar refractivity (Wildman–Crippen MR) is 101 cm³/mol. The smallest absolute Gasteiger partial charge is 0.341 e. The lowest BCUT2D eigenvalue weighted by molar-refractivity contribution is 0.235. The molecule has 2 N–H and O–H groups in total. The van der Waals surface area contributed by atoms with Gasteiger partial charge in [-0.2, -0.15) is 8.78 Å². The maximum absolute atomic E-state index is 12.6. The van der Waals surface area contributed by atoms with Crippen LogP contribution in [0.5, 0.6) is 0 Å². The number of rotatable bonds is 8. The van der Waals surface area contributed by atoms with Crippen molar-refractivity contribution in [1.29, 1.82) is 0 Å². The number of nitrogens with one attached hydrogen (secondary N) is 2. The molecule has 0 aliphatic heterocycles. The van der Waals surface area contributed by atoms with E-state index in [1.165, 1.54) is 12.1 Å². The van der Waals surface area contributed by atoms with Gasteiger partial charge in [0.05, 0.1) is 4.90 Å². The Kier molecular flexibility index (Phi) is 7.12. The molecule has 0 saturated heterocycles. The summed E-state index contributed by atoms with van der Waals surface area (Å²) in [6.07, 6.45) is 0.693. The zero-order valence-electron chi connectivity index (χ0n) is 14.7. The summed E-state index contributed by atoms with van der Waals surface area (Å²) in [4.78, 5) is 13.4. The van der Waals surface area contributed by atoms with Gasteiger partial charge in [0.2, 0.25) is 9.84 Å². The number of nitrogens with zero attached hydrogens (tertiary/aromatic N) is 1. The van der Waals surface area contributed by atoms with Gasteiger partial charge >= 0.3 is 11.8 Å². The number of hydrogen-bond donors (Lipinski definition) is 2. The Morgan fingerprint density at radius 2 is 1.81 bits per heavy atom. The van der Waals surface area contributed by atoms with Gasteiger partial charge in [0.25, 0.3) is 0 Å². The minimum absolute atomic E-state index is 0.121. The average Bonchev–Trinajstić information content (AvgIpc) is 2.66. The molecule has 0 saturated carbocycles. The van der Waals surface area contributed by atoms with E-state index in [0.29, 0.717) is 13.0 Å². The third-order valence-corrected chi connectivity index (χ3v) is 5.19. The molecule has 6 nitrogen and oxygen atoms in total. The van der Waals surface area contributed by atoms with Crippen molar-refractivity contribution in [2.75, 3.05) is 30.4 Å². The number of amides is 2. The summed E-state index contributed by atoms with van der Waals surface area (Å²) in [5.41, 5.74) is 1.19. The number of carbonyl (C=O) groups excluding carboxylic acids is 1. The molecule has 2 aromatic rings. The number of carbonyl (C=O) groups is 1. The van der Waals surface area contributed by atoms with E-state index in [1.54, 1.807) is 0 Å². The van der Waals surface area contributed by atoms with E-state index in [9.17, 15) is 22.0 Å². The van der Waals surface area contributed by atoms with E-state index in [2.05, 4.69) is 15.5 Å². The number of halogens is 2. The molecular weight excluding hydrogens is 376 g/mol. The standard InChI is InChI=1S/C18H21F2N3O3S/c1-23(15-8-3-2-4-9-15)12-6-11-21-18(24)22-14-7-5-10-16(13-14)27(25,26)17(19)20/h2-5,7-10,13,17H,6,11-12H2,1H3,(H2,21,22,24). The quantitative estimate of drug-likeness (QED) is 0.670. The van der Waals surface area contributed by atoms with Gasteiger partial charge in [-0.3, -0.25) is 0 Å². The number of anilines is 2. The van der Waals surface area contributed by atoms with Gasteiger partial charge in [-0.1, -0.05) is 24.3 Å². The third kappa shape index (κ3) is 5.92. The highest BCUT2D eigenvalue weighted by molar-refractivity contribution is 7.91. The molecule has 0 fully saturated rings. The summed E-state index contributed by atoms with van der Waals surface area (Å²) in [5.74, 6) is -3.51. The molecule has 0 radical (unpaired) electrons. The van der Waals surface area contributed by atoms with Crippen molar-refractivity contribution in [3.05, 3.63) is 54.6 Å². The fourth-order valence-electron chi connectivity index (χ4n) is 2.36. The van der Waals surface area contributed by atoms with Crippen LogP contribution in [0.4, 0.5) is 25.0 Å². The van der Waals surface area contributed by atoms with Gasteiger partial charge in [0.15, 0.2) is 0 Å². The summed E-state index contributed by atoms with van der Waals surface area (Å²) in [5, 5.41) is 5.08. The molecule has 27 heavy (non-hydrogen) atoms. The van der Waals surface area contributed by atoms with Gasteiger partial charge in [0.1, 0.15) is 0 Å². The van der Waals surface area contributed by atoms with Crippen LogP contribution in [-0.4, -0.2) is 40.3 Å². The van der Waals surface area contributed by atoms with E-state index in [0.717, 1.165) is 24.4 Å². The lowest BCUT2D eigenvalue weighted by Gasteiger charge is -2.19. The highest BCUT2D eigenvalue weighted by Gasteiger charge is 2.26. The molecule has 2 aromatic carbocycles. The maximum atomic E-state index is 12.6. The highest BCUT2D eigenvalue weighted by Crippen LogP contribution is 2.21. The normalized spacial score (nSPS) is 11.3. The lowest BCUT2D eigenvalue weighted by atomic mass is 10.3. The average molecular weight is 397 g/mol. The van der Waals surface area contributed by atoms with Crippen molar-refractivity contribution in [3.63, 3.8) is 0 Å². The van der Waals surface area contributed by atoms with Gasteiger partial charge in [-0.15, -0.1) is 0 Å². The molecule has 0 heterocycles. The minimum Gasteiger partial charge on any atom is -0.375 e. The second-order valence-corrected chi connectivity index (χ2v) is 7.74. The molecule has 0 aliphatic carbocycles. The van der Waals surface area contributed by atoms with Crippen molar-refractivity contribution < 1.29 is 22.0 Å². The molecule has 2 rings (SSSR count). The molecule has 2 amide bonds. The molecule has 146 valence electrons. The van der Waals surface area contributed by atoms with E-state index < -0.39 is 26.5 Å². The fraction of sp³-hybridized carbons (Fsp3) is 0.278. The number of sulfone groups is 1. The summed E-state index contributed by atoms with van der Waals surface area (Å²) in [7, 11) is -2.75. The van der Waals surface area contributed by atoms with Crippen molar-refractivity contribution in [3.8, 4) is 0 Å². The van der Waals surface area contributed by atoms with E-state index in [4.69, 9.17) is 0 Å². The van der Waals surface area contributed by atoms with Crippen LogP contribution < -0.4 is 15.5 Å². The lowest BCUT2D eigenvalue weighted by Crippen LogP contribution is -2.31. The molecule has 0 aromatic heterocycles. The largest absolute Gasteiger partial charge is 0.375 e. The van der Waals surface area contributed by atoms with Crippen LogP contribution in [0.15, 0.2) is 59.5 Å². The zero-order chi connectivity index (χ0) is 19.9. The molecule has 0 atom stereocenters. The van der Waals surface area contributed by atoms with E-state index >= 15 is 0 Å². The monoisotopic (exact) mass is 397 g/mol. The van der Waals surface area contributed by atoms with E-state index in [-0.39, 0.29) is 5.69 Å². The van der Waals surface area contributed by atoms with Crippen molar-refractivity contribution in [2.24, 2.45) is 0 Å². The minimum atomic E-state index is -4.70. The van der Waals surface area contributed by atoms with Crippen LogP contribution in [0, 0.1) is 0 Å².